The Morgan fingerprint density at radius 1 is 1.09 bits per heavy atom. The van der Waals surface area contributed by atoms with Crippen molar-refractivity contribution in [2.75, 3.05) is 13.1 Å². The fourth-order valence-electron chi connectivity index (χ4n) is 5.13. The number of carbonyl (C=O) groups is 2. The molecule has 2 heterocycles. The minimum atomic E-state index is -3.66. The number of hydrogen-bond acceptors (Lipinski definition) is 4. The van der Waals surface area contributed by atoms with E-state index < -0.39 is 26.9 Å². The summed E-state index contributed by atoms with van der Waals surface area (Å²) in [6, 6.07) is 6.85. The third kappa shape index (κ3) is 3.54. The lowest BCUT2D eigenvalue weighted by Crippen LogP contribution is -2.46. The summed E-state index contributed by atoms with van der Waals surface area (Å²) in [7, 11) is -3.66. The number of ketones is 1. The molecule has 2 aliphatic rings. The Kier molecular flexibility index (Phi) is 5.61. The molecule has 1 fully saturated rings. The van der Waals surface area contributed by atoms with Crippen LogP contribution in [0.2, 0.25) is 0 Å². The molecule has 0 saturated carbocycles. The fraction of sp³-hybridized carbons (Fsp3) is 0.520. The van der Waals surface area contributed by atoms with E-state index in [4.69, 9.17) is 0 Å². The second kappa shape index (κ2) is 7.81. The molecule has 0 unspecified atom stereocenters. The summed E-state index contributed by atoms with van der Waals surface area (Å²) in [6.07, 6.45) is 1.18. The fourth-order valence-corrected chi connectivity index (χ4v) is 6.87. The van der Waals surface area contributed by atoms with Crippen LogP contribution >= 0.6 is 0 Å². The number of benzene rings is 1. The molecule has 1 aliphatic carbocycles. The highest BCUT2D eigenvalue weighted by Gasteiger charge is 2.50. The second-order valence-corrected chi connectivity index (χ2v) is 12.3. The number of fused-ring (bicyclic) bond motifs is 1. The zero-order chi connectivity index (χ0) is 24.3. The van der Waals surface area contributed by atoms with Crippen molar-refractivity contribution in [2.45, 2.75) is 65.2 Å². The van der Waals surface area contributed by atoms with Crippen LogP contribution in [-0.2, 0) is 22.9 Å². The van der Waals surface area contributed by atoms with Crippen molar-refractivity contribution in [3.8, 4) is 0 Å². The number of rotatable bonds is 4. The first-order valence-electron chi connectivity index (χ1n) is 11.4. The van der Waals surface area contributed by atoms with Gasteiger partial charge in [0, 0.05) is 41.9 Å². The maximum absolute atomic E-state index is 13.7. The quantitative estimate of drug-likeness (QED) is 0.707. The number of hydrogen-bond donors (Lipinski definition) is 1. The zero-order valence-electron chi connectivity index (χ0n) is 19.9. The topological polar surface area (TPSA) is 96.7 Å². The Hall–Kier alpha value is -2.45. The molecule has 1 aliphatic heterocycles. The summed E-state index contributed by atoms with van der Waals surface area (Å²) in [5, 5.41) is 9.96. The van der Waals surface area contributed by atoms with Gasteiger partial charge in [-0.15, -0.1) is 0 Å². The zero-order valence-corrected chi connectivity index (χ0v) is 20.8. The highest BCUT2D eigenvalue weighted by atomic mass is 32.2. The van der Waals surface area contributed by atoms with Crippen molar-refractivity contribution in [1.29, 1.82) is 0 Å². The van der Waals surface area contributed by atoms with Crippen LogP contribution in [0.3, 0.4) is 0 Å². The predicted octanol–water partition coefficient (Wildman–Crippen LogP) is 4.49. The van der Waals surface area contributed by atoms with Crippen LogP contribution in [0.25, 0.3) is 0 Å². The standard InChI is InChI=1S/C25H32N2O5S/c1-16-18(14-17-10-6-7-11-20(17)33(31,32)26-12-8-9-13-26)21-19(27(16)23(29)30)15-24(2,3)25(4,5)22(21)28/h6-7,10-11H,8-9,12-15H2,1-5H3,(H,29,30). The van der Waals surface area contributed by atoms with Crippen LogP contribution < -0.4 is 0 Å². The third-order valence-electron chi connectivity index (χ3n) is 7.94. The molecular weight excluding hydrogens is 440 g/mol. The van der Waals surface area contributed by atoms with Crippen molar-refractivity contribution < 1.29 is 23.1 Å². The summed E-state index contributed by atoms with van der Waals surface area (Å²) in [5.41, 5.74) is 1.48. The van der Waals surface area contributed by atoms with Gasteiger partial charge in [-0.05, 0) is 48.8 Å². The third-order valence-corrected chi connectivity index (χ3v) is 9.94. The highest BCUT2D eigenvalue weighted by molar-refractivity contribution is 7.89. The van der Waals surface area contributed by atoms with E-state index in [9.17, 15) is 23.1 Å². The summed E-state index contributed by atoms with van der Waals surface area (Å²) >= 11 is 0. The maximum Gasteiger partial charge on any atom is 0.415 e. The number of carboxylic acid groups (broad SMARTS) is 1. The monoisotopic (exact) mass is 472 g/mol. The summed E-state index contributed by atoms with van der Waals surface area (Å²) < 4.78 is 29.4. The van der Waals surface area contributed by atoms with Gasteiger partial charge in [-0.2, -0.15) is 4.31 Å². The van der Waals surface area contributed by atoms with Crippen molar-refractivity contribution in [2.24, 2.45) is 10.8 Å². The van der Waals surface area contributed by atoms with E-state index in [0.29, 0.717) is 47.6 Å². The molecule has 1 aromatic heterocycles. The van der Waals surface area contributed by atoms with E-state index in [2.05, 4.69) is 0 Å². The van der Waals surface area contributed by atoms with Gasteiger partial charge in [0.25, 0.3) is 0 Å². The Labute approximate surface area is 195 Å². The largest absolute Gasteiger partial charge is 0.464 e. The second-order valence-electron chi connectivity index (χ2n) is 10.4. The van der Waals surface area contributed by atoms with Crippen LogP contribution in [0.4, 0.5) is 4.79 Å². The minimum Gasteiger partial charge on any atom is -0.464 e. The van der Waals surface area contributed by atoms with Crippen LogP contribution in [-0.4, -0.2) is 47.4 Å². The van der Waals surface area contributed by atoms with E-state index >= 15 is 0 Å². The first-order chi connectivity index (χ1) is 15.3. The molecule has 0 radical (unpaired) electrons. The molecule has 7 nitrogen and oxygen atoms in total. The minimum absolute atomic E-state index is 0.0910. The van der Waals surface area contributed by atoms with Crippen molar-refractivity contribution >= 4 is 21.9 Å². The van der Waals surface area contributed by atoms with Gasteiger partial charge in [0.05, 0.1) is 4.90 Å². The van der Waals surface area contributed by atoms with E-state index in [1.54, 1.807) is 31.2 Å². The molecule has 4 rings (SSSR count). The lowest BCUT2D eigenvalue weighted by Gasteiger charge is -2.44. The van der Waals surface area contributed by atoms with Gasteiger partial charge in [-0.1, -0.05) is 45.9 Å². The van der Waals surface area contributed by atoms with E-state index in [-0.39, 0.29) is 17.1 Å². The van der Waals surface area contributed by atoms with Crippen molar-refractivity contribution in [3.63, 3.8) is 0 Å². The SMILES string of the molecule is Cc1c(Cc2ccccc2S(=O)(=O)N2CCCC2)c2c(n1C(=O)O)CC(C)(C)C(C)(C)C2=O. The van der Waals surface area contributed by atoms with Crippen LogP contribution in [0.1, 0.15) is 73.4 Å². The molecule has 0 amide bonds. The molecule has 0 bridgehead atoms. The van der Waals surface area contributed by atoms with Gasteiger partial charge in [0.1, 0.15) is 0 Å². The Bertz CT molecular complexity index is 1250. The molecular formula is C25H32N2O5S. The average Bonchev–Trinajstić information content (AvgIpc) is 3.35. The van der Waals surface area contributed by atoms with Gasteiger partial charge in [0.15, 0.2) is 5.78 Å². The molecule has 1 saturated heterocycles. The first kappa shape index (κ1) is 23.7. The molecule has 178 valence electrons. The number of sulfonamides is 1. The summed E-state index contributed by atoms with van der Waals surface area (Å²) in [4.78, 5) is 26.1. The molecule has 2 aromatic rings. The molecule has 0 atom stereocenters. The number of carbonyl (C=O) groups excluding carboxylic acids is 1. The lowest BCUT2D eigenvalue weighted by atomic mass is 9.58. The van der Waals surface area contributed by atoms with Crippen LogP contribution in [0.15, 0.2) is 29.2 Å². The number of Topliss-reactive ketones (excluding diaryl/α,β-unsaturated/α-hetero) is 1. The van der Waals surface area contributed by atoms with Gasteiger partial charge in [-0.3, -0.25) is 9.36 Å². The predicted molar refractivity (Wildman–Crippen MR) is 125 cm³/mol. The van der Waals surface area contributed by atoms with E-state index in [1.165, 1.54) is 8.87 Å². The molecule has 0 spiro atoms. The lowest BCUT2D eigenvalue weighted by molar-refractivity contribution is 0.0524. The molecule has 1 aromatic carbocycles. The number of nitrogens with zero attached hydrogens (tertiary/aromatic N) is 2. The molecule has 8 heteroatoms. The molecule has 33 heavy (non-hydrogen) atoms. The van der Waals surface area contributed by atoms with Crippen molar-refractivity contribution in [1.82, 2.24) is 8.87 Å². The maximum atomic E-state index is 13.7. The van der Waals surface area contributed by atoms with Gasteiger partial charge >= 0.3 is 6.09 Å². The van der Waals surface area contributed by atoms with Crippen LogP contribution in [0, 0.1) is 17.8 Å². The van der Waals surface area contributed by atoms with Gasteiger partial charge < -0.3 is 5.11 Å². The Morgan fingerprint density at radius 2 is 1.70 bits per heavy atom. The summed E-state index contributed by atoms with van der Waals surface area (Å²) in [6.45, 7) is 10.5. The highest BCUT2D eigenvalue weighted by Crippen LogP contribution is 2.50. The summed E-state index contributed by atoms with van der Waals surface area (Å²) in [5.74, 6) is -0.0910. The van der Waals surface area contributed by atoms with Gasteiger partial charge in [0.2, 0.25) is 10.0 Å². The average molecular weight is 473 g/mol. The van der Waals surface area contributed by atoms with Crippen molar-refractivity contribution in [3.05, 3.63) is 52.3 Å². The number of aromatic nitrogens is 1. The molecule has 1 N–H and O–H groups in total. The van der Waals surface area contributed by atoms with Crippen LogP contribution in [0.5, 0.6) is 0 Å². The smallest absolute Gasteiger partial charge is 0.415 e. The first-order valence-corrected chi connectivity index (χ1v) is 12.8. The Morgan fingerprint density at radius 3 is 2.30 bits per heavy atom. The van der Waals surface area contributed by atoms with Gasteiger partial charge in [-0.25, -0.2) is 13.2 Å². The normalized spacial score (nSPS) is 20.1. The van der Waals surface area contributed by atoms with E-state index in [0.717, 1.165) is 12.8 Å². The van der Waals surface area contributed by atoms with E-state index in [1.807, 2.05) is 27.7 Å². The Balaban J connectivity index is 1.89.